The summed E-state index contributed by atoms with van der Waals surface area (Å²) in [5.41, 5.74) is 4.02. The van der Waals surface area contributed by atoms with E-state index in [1.807, 2.05) is 56.3 Å². The Hall–Kier alpha value is -2.33. The molecular formula is C19H24N2O2. The maximum atomic E-state index is 12.2. The van der Waals surface area contributed by atoms with Gasteiger partial charge in [0.05, 0.1) is 0 Å². The average Bonchev–Trinajstić information content (AvgIpc) is 2.55. The Morgan fingerprint density at radius 2 is 1.91 bits per heavy atom. The molecular weight excluding hydrogens is 288 g/mol. The third-order valence-corrected chi connectivity index (χ3v) is 3.56. The van der Waals surface area contributed by atoms with E-state index in [2.05, 4.69) is 17.6 Å². The van der Waals surface area contributed by atoms with Crippen molar-refractivity contribution in [2.45, 2.75) is 27.3 Å². The second kappa shape index (κ2) is 8.34. The zero-order valence-corrected chi connectivity index (χ0v) is 14.0. The lowest BCUT2D eigenvalue weighted by Crippen LogP contribution is -2.22. The number of hydrogen-bond donors (Lipinski definition) is 2. The number of benzene rings is 2. The molecule has 2 aromatic rings. The molecule has 0 aliphatic rings. The first-order valence-corrected chi connectivity index (χ1v) is 7.88. The summed E-state index contributed by atoms with van der Waals surface area (Å²) in [5.74, 6) is 0.593. The standard InChI is InChI=1S/C19H24N2O2/c1-4-20-12-16-7-5-6-8-17(16)21-19(22)13-23-18-11-14(2)9-10-15(18)3/h5-11,20H,4,12-13H2,1-3H3,(H,21,22). The van der Waals surface area contributed by atoms with Gasteiger partial charge in [0.15, 0.2) is 6.61 Å². The summed E-state index contributed by atoms with van der Waals surface area (Å²) in [5, 5.41) is 6.19. The van der Waals surface area contributed by atoms with Gasteiger partial charge in [0.1, 0.15) is 5.75 Å². The maximum Gasteiger partial charge on any atom is 0.262 e. The molecule has 0 radical (unpaired) electrons. The molecule has 0 aliphatic carbocycles. The van der Waals surface area contributed by atoms with Crippen LogP contribution in [0.5, 0.6) is 5.75 Å². The molecule has 0 saturated carbocycles. The van der Waals surface area contributed by atoms with E-state index in [1.165, 1.54) is 0 Å². The third kappa shape index (κ3) is 5.11. The van der Waals surface area contributed by atoms with Gasteiger partial charge in [0.25, 0.3) is 5.91 Å². The van der Waals surface area contributed by atoms with Gasteiger partial charge in [-0.25, -0.2) is 0 Å². The van der Waals surface area contributed by atoms with Crippen LogP contribution in [-0.4, -0.2) is 19.1 Å². The molecule has 0 heterocycles. The maximum absolute atomic E-state index is 12.2. The highest BCUT2D eigenvalue weighted by Crippen LogP contribution is 2.19. The van der Waals surface area contributed by atoms with Crippen LogP contribution in [0.15, 0.2) is 42.5 Å². The fraction of sp³-hybridized carbons (Fsp3) is 0.316. The van der Waals surface area contributed by atoms with Crippen molar-refractivity contribution in [3.8, 4) is 5.75 Å². The van der Waals surface area contributed by atoms with Gasteiger partial charge in [-0.2, -0.15) is 0 Å². The topological polar surface area (TPSA) is 50.4 Å². The summed E-state index contributed by atoms with van der Waals surface area (Å²) in [4.78, 5) is 12.2. The van der Waals surface area contributed by atoms with Crippen LogP contribution in [-0.2, 0) is 11.3 Å². The van der Waals surface area contributed by atoms with Gasteiger partial charge < -0.3 is 15.4 Å². The molecule has 0 saturated heterocycles. The molecule has 0 fully saturated rings. The minimum absolute atomic E-state index is 0.000165. The molecule has 2 N–H and O–H groups in total. The van der Waals surface area contributed by atoms with E-state index in [0.29, 0.717) is 0 Å². The van der Waals surface area contributed by atoms with Gasteiger partial charge >= 0.3 is 0 Å². The lowest BCUT2D eigenvalue weighted by atomic mass is 10.1. The van der Waals surface area contributed by atoms with Crippen molar-refractivity contribution in [2.75, 3.05) is 18.5 Å². The summed E-state index contributed by atoms with van der Waals surface area (Å²) in [6, 6.07) is 13.8. The molecule has 0 atom stereocenters. The summed E-state index contributed by atoms with van der Waals surface area (Å²) < 4.78 is 5.64. The van der Waals surface area contributed by atoms with Crippen LogP contribution in [0.25, 0.3) is 0 Å². The second-order valence-corrected chi connectivity index (χ2v) is 5.54. The SMILES string of the molecule is CCNCc1ccccc1NC(=O)COc1cc(C)ccc1C. The van der Waals surface area contributed by atoms with Crippen LogP contribution in [0, 0.1) is 13.8 Å². The highest BCUT2D eigenvalue weighted by atomic mass is 16.5. The molecule has 4 nitrogen and oxygen atoms in total. The smallest absolute Gasteiger partial charge is 0.262 e. The molecule has 122 valence electrons. The fourth-order valence-corrected chi connectivity index (χ4v) is 2.25. The first-order valence-electron chi connectivity index (χ1n) is 7.88. The summed E-state index contributed by atoms with van der Waals surface area (Å²) in [6.45, 7) is 7.64. The number of aryl methyl sites for hydroxylation is 2. The number of amides is 1. The van der Waals surface area contributed by atoms with Gasteiger partial charge in [-0.05, 0) is 49.2 Å². The van der Waals surface area contributed by atoms with Gasteiger partial charge in [0.2, 0.25) is 0 Å². The highest BCUT2D eigenvalue weighted by Gasteiger charge is 2.08. The Bertz CT molecular complexity index is 668. The van der Waals surface area contributed by atoms with E-state index in [4.69, 9.17) is 4.74 Å². The van der Waals surface area contributed by atoms with Crippen LogP contribution in [0.3, 0.4) is 0 Å². The number of rotatable bonds is 7. The Balaban J connectivity index is 1.96. The highest BCUT2D eigenvalue weighted by molar-refractivity contribution is 5.92. The molecule has 2 aromatic carbocycles. The van der Waals surface area contributed by atoms with Crippen molar-refractivity contribution in [2.24, 2.45) is 0 Å². The molecule has 23 heavy (non-hydrogen) atoms. The second-order valence-electron chi connectivity index (χ2n) is 5.54. The summed E-state index contributed by atoms with van der Waals surface area (Å²) in [7, 11) is 0. The van der Waals surface area contributed by atoms with E-state index in [-0.39, 0.29) is 12.5 Å². The first kappa shape index (κ1) is 17.0. The van der Waals surface area contributed by atoms with Crippen molar-refractivity contribution in [1.82, 2.24) is 5.32 Å². The molecule has 0 spiro atoms. The van der Waals surface area contributed by atoms with Crippen LogP contribution < -0.4 is 15.4 Å². The zero-order chi connectivity index (χ0) is 16.7. The molecule has 2 rings (SSSR count). The van der Waals surface area contributed by atoms with Gasteiger partial charge in [-0.15, -0.1) is 0 Å². The van der Waals surface area contributed by atoms with E-state index >= 15 is 0 Å². The Labute approximate surface area is 137 Å². The lowest BCUT2D eigenvalue weighted by molar-refractivity contribution is -0.118. The minimum Gasteiger partial charge on any atom is -0.483 e. The predicted molar refractivity (Wildman–Crippen MR) is 93.9 cm³/mol. The van der Waals surface area contributed by atoms with E-state index in [1.54, 1.807) is 0 Å². The largest absolute Gasteiger partial charge is 0.483 e. The lowest BCUT2D eigenvalue weighted by Gasteiger charge is -2.13. The quantitative estimate of drug-likeness (QED) is 0.823. The number of hydrogen-bond acceptors (Lipinski definition) is 3. The predicted octanol–water partition coefficient (Wildman–Crippen LogP) is 3.43. The summed E-state index contributed by atoms with van der Waals surface area (Å²) >= 11 is 0. The average molecular weight is 312 g/mol. The number of para-hydroxylation sites is 1. The molecule has 0 unspecified atom stereocenters. The van der Waals surface area contributed by atoms with Crippen LogP contribution in [0.4, 0.5) is 5.69 Å². The third-order valence-electron chi connectivity index (χ3n) is 3.56. The monoisotopic (exact) mass is 312 g/mol. The molecule has 4 heteroatoms. The number of nitrogens with one attached hydrogen (secondary N) is 2. The molecule has 0 aliphatic heterocycles. The zero-order valence-electron chi connectivity index (χ0n) is 14.0. The van der Waals surface area contributed by atoms with E-state index in [9.17, 15) is 4.79 Å². The number of ether oxygens (including phenoxy) is 1. The minimum atomic E-state index is -0.158. The summed E-state index contributed by atoms with van der Waals surface area (Å²) in [6.07, 6.45) is 0. The number of carbonyl (C=O) groups is 1. The van der Waals surface area contributed by atoms with Gasteiger partial charge in [-0.3, -0.25) is 4.79 Å². The van der Waals surface area contributed by atoms with Gasteiger partial charge in [0, 0.05) is 12.2 Å². The Morgan fingerprint density at radius 1 is 1.13 bits per heavy atom. The molecule has 0 bridgehead atoms. The Kier molecular flexibility index (Phi) is 6.18. The Morgan fingerprint density at radius 3 is 2.70 bits per heavy atom. The number of anilines is 1. The molecule has 0 aromatic heterocycles. The number of carbonyl (C=O) groups excluding carboxylic acids is 1. The fourth-order valence-electron chi connectivity index (χ4n) is 2.25. The van der Waals surface area contributed by atoms with Crippen LogP contribution >= 0.6 is 0 Å². The van der Waals surface area contributed by atoms with Crippen molar-refractivity contribution >= 4 is 11.6 Å². The van der Waals surface area contributed by atoms with Crippen LogP contribution in [0.1, 0.15) is 23.6 Å². The first-order chi connectivity index (χ1) is 11.1. The van der Waals surface area contributed by atoms with E-state index in [0.717, 1.165) is 41.2 Å². The van der Waals surface area contributed by atoms with E-state index < -0.39 is 0 Å². The van der Waals surface area contributed by atoms with Crippen molar-refractivity contribution < 1.29 is 9.53 Å². The van der Waals surface area contributed by atoms with Gasteiger partial charge in [-0.1, -0.05) is 37.3 Å². The van der Waals surface area contributed by atoms with Crippen molar-refractivity contribution in [3.05, 3.63) is 59.2 Å². The molecule has 1 amide bonds. The normalized spacial score (nSPS) is 10.4. The van der Waals surface area contributed by atoms with Crippen LogP contribution in [0.2, 0.25) is 0 Å². The van der Waals surface area contributed by atoms with Crippen molar-refractivity contribution in [3.63, 3.8) is 0 Å². The van der Waals surface area contributed by atoms with Crippen molar-refractivity contribution in [1.29, 1.82) is 0 Å².